The minimum atomic E-state index is 0.411. The van der Waals surface area contributed by atoms with Crippen LogP contribution >= 0.6 is 23.2 Å². The maximum absolute atomic E-state index is 6.05. The Morgan fingerprint density at radius 3 is 2.60 bits per heavy atom. The van der Waals surface area contributed by atoms with Crippen molar-refractivity contribution in [3.63, 3.8) is 0 Å². The molecule has 2 aromatic rings. The molecule has 1 aromatic carbocycles. The number of benzene rings is 1. The maximum atomic E-state index is 6.05. The van der Waals surface area contributed by atoms with Crippen LogP contribution in [0.4, 0.5) is 5.82 Å². The Kier molecular flexibility index (Phi) is 5.50. The number of anilines is 1. The first kappa shape index (κ1) is 14.9. The predicted octanol–water partition coefficient (Wildman–Crippen LogP) is 4.44. The molecule has 20 heavy (non-hydrogen) atoms. The van der Waals surface area contributed by atoms with E-state index in [1.54, 1.807) is 13.1 Å². The van der Waals surface area contributed by atoms with Crippen LogP contribution in [0.2, 0.25) is 10.0 Å². The van der Waals surface area contributed by atoms with Gasteiger partial charge in [0.1, 0.15) is 10.8 Å². The van der Waals surface area contributed by atoms with Crippen LogP contribution in [0.5, 0.6) is 5.88 Å². The van der Waals surface area contributed by atoms with Gasteiger partial charge in [-0.2, -0.15) is 4.98 Å². The van der Waals surface area contributed by atoms with Gasteiger partial charge in [-0.25, -0.2) is 0 Å². The van der Waals surface area contributed by atoms with E-state index in [4.69, 9.17) is 27.9 Å². The van der Waals surface area contributed by atoms with Crippen molar-refractivity contribution in [3.8, 4) is 5.88 Å². The lowest BCUT2D eigenvalue weighted by atomic mass is 10.1. The second kappa shape index (κ2) is 7.36. The molecule has 0 unspecified atom stereocenters. The lowest BCUT2D eigenvalue weighted by Crippen LogP contribution is -2.03. The number of nitrogens with zero attached hydrogens (tertiary/aromatic N) is 1. The van der Waals surface area contributed by atoms with Crippen molar-refractivity contribution in [3.05, 3.63) is 52.0 Å². The van der Waals surface area contributed by atoms with Gasteiger partial charge in [-0.3, -0.25) is 0 Å². The lowest BCUT2D eigenvalue weighted by Gasteiger charge is -2.10. The molecule has 0 spiro atoms. The molecule has 0 atom stereocenters. The summed E-state index contributed by atoms with van der Waals surface area (Å²) in [4.78, 5) is 4.24. The molecule has 0 fully saturated rings. The van der Waals surface area contributed by atoms with Gasteiger partial charge in [-0.05, 0) is 24.5 Å². The highest BCUT2D eigenvalue weighted by Crippen LogP contribution is 2.30. The standard InChI is InChI=1S/C15H16Cl2N2O/c1-18-14-12(16)10-13(17)15(19-14)20-9-5-8-11-6-3-2-4-7-11/h2-4,6-7,10H,5,8-9H2,1H3,(H,18,19). The average molecular weight is 311 g/mol. The smallest absolute Gasteiger partial charge is 0.234 e. The van der Waals surface area contributed by atoms with E-state index in [1.807, 2.05) is 18.2 Å². The Bertz CT molecular complexity index is 561. The molecule has 1 N–H and O–H groups in total. The Labute approximate surface area is 128 Å². The fourth-order valence-electron chi connectivity index (χ4n) is 1.82. The summed E-state index contributed by atoms with van der Waals surface area (Å²) >= 11 is 12.0. The number of aromatic nitrogens is 1. The van der Waals surface area contributed by atoms with Crippen molar-refractivity contribution in [2.45, 2.75) is 12.8 Å². The minimum absolute atomic E-state index is 0.411. The molecule has 0 saturated carbocycles. The summed E-state index contributed by atoms with van der Waals surface area (Å²) in [6.07, 6.45) is 1.87. The van der Waals surface area contributed by atoms with E-state index in [0.717, 1.165) is 12.8 Å². The molecule has 2 rings (SSSR count). The first-order valence-electron chi connectivity index (χ1n) is 6.41. The molecule has 0 aliphatic carbocycles. The van der Waals surface area contributed by atoms with Crippen LogP contribution in [0, 0.1) is 0 Å². The van der Waals surface area contributed by atoms with Crippen LogP contribution < -0.4 is 10.1 Å². The predicted molar refractivity (Wildman–Crippen MR) is 84.1 cm³/mol. The van der Waals surface area contributed by atoms with Crippen LogP contribution in [0.3, 0.4) is 0 Å². The summed E-state index contributed by atoms with van der Waals surface area (Å²) in [5.74, 6) is 0.975. The number of hydrogen-bond acceptors (Lipinski definition) is 3. The van der Waals surface area contributed by atoms with Gasteiger partial charge in [0.25, 0.3) is 0 Å². The molecule has 0 saturated heterocycles. The third kappa shape index (κ3) is 4.02. The molecule has 3 nitrogen and oxygen atoms in total. The molecule has 0 radical (unpaired) electrons. The zero-order chi connectivity index (χ0) is 14.4. The topological polar surface area (TPSA) is 34.2 Å². The van der Waals surface area contributed by atoms with Gasteiger partial charge in [0, 0.05) is 7.05 Å². The largest absolute Gasteiger partial charge is 0.477 e. The monoisotopic (exact) mass is 310 g/mol. The lowest BCUT2D eigenvalue weighted by molar-refractivity contribution is 0.300. The normalized spacial score (nSPS) is 10.3. The molecule has 0 amide bonds. The van der Waals surface area contributed by atoms with E-state index in [0.29, 0.717) is 28.3 Å². The highest BCUT2D eigenvalue weighted by Gasteiger charge is 2.09. The summed E-state index contributed by atoms with van der Waals surface area (Å²) in [5.41, 5.74) is 1.29. The minimum Gasteiger partial charge on any atom is -0.477 e. The van der Waals surface area contributed by atoms with Gasteiger partial charge in [0.2, 0.25) is 5.88 Å². The van der Waals surface area contributed by atoms with Crippen LogP contribution in [0.1, 0.15) is 12.0 Å². The number of ether oxygens (including phenoxy) is 1. The Hall–Kier alpha value is -1.45. The number of halogens is 2. The van der Waals surface area contributed by atoms with Crippen LogP contribution in [0.15, 0.2) is 36.4 Å². The van der Waals surface area contributed by atoms with Gasteiger partial charge >= 0.3 is 0 Å². The van der Waals surface area contributed by atoms with Crippen LogP contribution in [-0.4, -0.2) is 18.6 Å². The van der Waals surface area contributed by atoms with Crippen molar-refractivity contribution in [1.82, 2.24) is 4.98 Å². The first-order chi connectivity index (χ1) is 9.70. The van der Waals surface area contributed by atoms with Crippen molar-refractivity contribution >= 4 is 29.0 Å². The molecule has 106 valence electrons. The van der Waals surface area contributed by atoms with Crippen LogP contribution in [-0.2, 0) is 6.42 Å². The first-order valence-corrected chi connectivity index (χ1v) is 7.17. The molecular weight excluding hydrogens is 295 g/mol. The highest BCUT2D eigenvalue weighted by atomic mass is 35.5. The van der Waals surface area contributed by atoms with E-state index >= 15 is 0 Å². The Balaban J connectivity index is 1.88. The fourth-order valence-corrected chi connectivity index (χ4v) is 2.32. The quantitative estimate of drug-likeness (QED) is 0.801. The van der Waals surface area contributed by atoms with Gasteiger partial charge in [-0.15, -0.1) is 0 Å². The summed E-state index contributed by atoms with van der Waals surface area (Å²) in [6, 6.07) is 11.9. The molecule has 0 aliphatic heterocycles. The van der Waals surface area contributed by atoms with Crippen molar-refractivity contribution in [2.75, 3.05) is 19.0 Å². The molecule has 0 aliphatic rings. The van der Waals surface area contributed by atoms with E-state index < -0.39 is 0 Å². The number of aryl methyl sites for hydroxylation is 1. The van der Waals surface area contributed by atoms with Gasteiger partial charge in [-0.1, -0.05) is 53.5 Å². The zero-order valence-corrected chi connectivity index (χ0v) is 12.7. The van der Waals surface area contributed by atoms with E-state index in [9.17, 15) is 0 Å². The van der Waals surface area contributed by atoms with E-state index in [-0.39, 0.29) is 0 Å². The summed E-state index contributed by atoms with van der Waals surface area (Å²) in [7, 11) is 1.75. The zero-order valence-electron chi connectivity index (χ0n) is 11.2. The Morgan fingerprint density at radius 2 is 1.90 bits per heavy atom. The van der Waals surface area contributed by atoms with Crippen molar-refractivity contribution in [1.29, 1.82) is 0 Å². The third-order valence-electron chi connectivity index (χ3n) is 2.83. The fraction of sp³-hybridized carbons (Fsp3) is 0.267. The van der Waals surface area contributed by atoms with Gasteiger partial charge in [0.05, 0.1) is 11.6 Å². The van der Waals surface area contributed by atoms with E-state index in [1.165, 1.54) is 5.56 Å². The summed E-state index contributed by atoms with van der Waals surface area (Å²) in [5, 5.41) is 3.80. The second-order valence-electron chi connectivity index (χ2n) is 4.29. The van der Waals surface area contributed by atoms with Crippen molar-refractivity contribution < 1.29 is 4.74 Å². The summed E-state index contributed by atoms with van der Waals surface area (Å²) < 4.78 is 5.61. The van der Waals surface area contributed by atoms with Gasteiger partial charge in [0.15, 0.2) is 0 Å². The van der Waals surface area contributed by atoms with Crippen molar-refractivity contribution in [2.24, 2.45) is 0 Å². The molecule has 1 heterocycles. The van der Waals surface area contributed by atoms with Crippen LogP contribution in [0.25, 0.3) is 0 Å². The molecule has 0 bridgehead atoms. The maximum Gasteiger partial charge on any atom is 0.234 e. The average Bonchev–Trinajstić information content (AvgIpc) is 2.46. The highest BCUT2D eigenvalue weighted by molar-refractivity contribution is 6.36. The number of pyridine rings is 1. The third-order valence-corrected chi connectivity index (χ3v) is 3.38. The number of nitrogens with one attached hydrogen (secondary N) is 1. The summed E-state index contributed by atoms with van der Waals surface area (Å²) in [6.45, 7) is 0.562. The SMILES string of the molecule is CNc1nc(OCCCc2ccccc2)c(Cl)cc1Cl. The molecule has 5 heteroatoms. The molecular formula is C15H16Cl2N2O. The van der Waals surface area contributed by atoms with Gasteiger partial charge < -0.3 is 10.1 Å². The Morgan fingerprint density at radius 1 is 1.15 bits per heavy atom. The van der Waals surface area contributed by atoms with E-state index in [2.05, 4.69) is 22.4 Å². The number of rotatable bonds is 6. The second-order valence-corrected chi connectivity index (χ2v) is 5.11. The molecule has 1 aromatic heterocycles. The number of hydrogen-bond donors (Lipinski definition) is 1.